The summed E-state index contributed by atoms with van der Waals surface area (Å²) in [7, 11) is -3.55. The average molecular weight is 355 g/mol. The second-order valence-electron chi connectivity index (χ2n) is 4.85. The highest BCUT2D eigenvalue weighted by Gasteiger charge is 2.31. The molecule has 0 aliphatic rings. The zero-order chi connectivity index (χ0) is 14.8. The first-order chi connectivity index (χ1) is 9.31. The molecule has 106 valence electrons. The molecule has 0 aliphatic heterocycles. The lowest BCUT2D eigenvalue weighted by atomic mass is 9.99. The Labute approximate surface area is 127 Å². The van der Waals surface area contributed by atoms with E-state index in [-0.39, 0.29) is 10.6 Å². The van der Waals surface area contributed by atoms with Crippen LogP contribution >= 0.6 is 15.9 Å². The van der Waals surface area contributed by atoms with E-state index in [0.717, 1.165) is 4.47 Å². The summed E-state index contributed by atoms with van der Waals surface area (Å²) in [5.74, 6) is -0.356. The smallest absolute Gasteiger partial charge is 0.181 e. The first kappa shape index (κ1) is 15.2. The van der Waals surface area contributed by atoms with Crippen LogP contribution in [-0.2, 0) is 15.4 Å². The van der Waals surface area contributed by atoms with Crippen LogP contribution in [0.25, 0.3) is 0 Å². The minimum absolute atomic E-state index is 0.205. The molecule has 0 aromatic heterocycles. The SMILES string of the molecule is C[C@](O)(CS(=O)(=O)c1ccc(Br)cc1)c1ccccc1. The molecule has 3 nitrogen and oxygen atoms in total. The number of halogens is 1. The monoisotopic (exact) mass is 354 g/mol. The predicted molar refractivity (Wildman–Crippen MR) is 82.2 cm³/mol. The molecule has 1 N–H and O–H groups in total. The molecule has 0 aliphatic carbocycles. The number of rotatable bonds is 4. The van der Waals surface area contributed by atoms with E-state index >= 15 is 0 Å². The highest BCUT2D eigenvalue weighted by molar-refractivity contribution is 9.10. The Hall–Kier alpha value is -1.17. The van der Waals surface area contributed by atoms with Crippen LogP contribution in [0.4, 0.5) is 0 Å². The van der Waals surface area contributed by atoms with Crippen molar-refractivity contribution in [2.24, 2.45) is 0 Å². The number of benzene rings is 2. The van der Waals surface area contributed by atoms with Crippen molar-refractivity contribution in [3.63, 3.8) is 0 Å². The quantitative estimate of drug-likeness (QED) is 0.917. The summed E-state index contributed by atoms with van der Waals surface area (Å²) >= 11 is 3.27. The van der Waals surface area contributed by atoms with Gasteiger partial charge in [-0.3, -0.25) is 0 Å². The van der Waals surface area contributed by atoms with Crippen molar-refractivity contribution in [3.8, 4) is 0 Å². The largest absolute Gasteiger partial charge is 0.384 e. The Morgan fingerprint density at radius 2 is 1.60 bits per heavy atom. The molecule has 0 saturated heterocycles. The molecule has 0 fully saturated rings. The molecule has 1 atom stereocenters. The number of aliphatic hydroxyl groups is 1. The zero-order valence-electron chi connectivity index (χ0n) is 11.0. The minimum Gasteiger partial charge on any atom is -0.384 e. The third kappa shape index (κ3) is 3.48. The summed E-state index contributed by atoms with van der Waals surface area (Å²) in [5.41, 5.74) is -0.839. The lowest BCUT2D eigenvalue weighted by Crippen LogP contribution is -2.31. The molecule has 0 saturated carbocycles. The van der Waals surface area contributed by atoms with E-state index in [4.69, 9.17) is 0 Å². The highest BCUT2D eigenvalue weighted by Crippen LogP contribution is 2.26. The summed E-state index contributed by atoms with van der Waals surface area (Å²) in [4.78, 5) is 0.205. The fourth-order valence-electron chi connectivity index (χ4n) is 1.98. The molecular weight excluding hydrogens is 340 g/mol. The van der Waals surface area contributed by atoms with E-state index in [0.29, 0.717) is 5.56 Å². The Bertz CT molecular complexity index is 677. The van der Waals surface area contributed by atoms with Gasteiger partial charge in [0.25, 0.3) is 0 Å². The van der Waals surface area contributed by atoms with Gasteiger partial charge in [0.15, 0.2) is 9.84 Å². The lowest BCUT2D eigenvalue weighted by Gasteiger charge is -2.23. The molecule has 0 amide bonds. The third-order valence-corrected chi connectivity index (χ3v) is 5.50. The van der Waals surface area contributed by atoms with Gasteiger partial charge in [-0.05, 0) is 36.8 Å². The minimum atomic E-state index is -3.55. The van der Waals surface area contributed by atoms with Gasteiger partial charge in [0.05, 0.1) is 10.6 Å². The van der Waals surface area contributed by atoms with Crippen LogP contribution in [0.1, 0.15) is 12.5 Å². The molecule has 2 aromatic carbocycles. The van der Waals surface area contributed by atoms with Crippen molar-refractivity contribution < 1.29 is 13.5 Å². The molecular formula is C15H15BrO3S. The van der Waals surface area contributed by atoms with Gasteiger partial charge >= 0.3 is 0 Å². The highest BCUT2D eigenvalue weighted by atomic mass is 79.9. The molecule has 2 aromatic rings. The Balaban J connectivity index is 2.30. The molecule has 0 unspecified atom stereocenters. The van der Waals surface area contributed by atoms with Gasteiger partial charge in [0, 0.05) is 4.47 Å². The second kappa shape index (κ2) is 5.68. The molecule has 0 heterocycles. The number of hydrogen-bond acceptors (Lipinski definition) is 3. The normalized spacial score (nSPS) is 14.8. The van der Waals surface area contributed by atoms with E-state index in [9.17, 15) is 13.5 Å². The van der Waals surface area contributed by atoms with Crippen molar-refractivity contribution in [1.29, 1.82) is 0 Å². The molecule has 0 bridgehead atoms. The van der Waals surface area contributed by atoms with E-state index in [1.807, 2.05) is 6.07 Å². The summed E-state index contributed by atoms with van der Waals surface area (Å²) in [6.45, 7) is 1.51. The van der Waals surface area contributed by atoms with Crippen LogP contribution < -0.4 is 0 Å². The molecule has 2 rings (SSSR count). The first-order valence-electron chi connectivity index (χ1n) is 6.07. The van der Waals surface area contributed by atoms with Crippen LogP contribution in [-0.4, -0.2) is 19.3 Å². The van der Waals surface area contributed by atoms with Crippen LogP contribution in [0.5, 0.6) is 0 Å². The van der Waals surface area contributed by atoms with Gasteiger partial charge in [-0.25, -0.2) is 8.42 Å². The van der Waals surface area contributed by atoms with Gasteiger partial charge in [0.2, 0.25) is 0 Å². The molecule has 0 radical (unpaired) electrons. The van der Waals surface area contributed by atoms with Crippen molar-refractivity contribution in [1.82, 2.24) is 0 Å². The molecule has 0 spiro atoms. The molecule has 20 heavy (non-hydrogen) atoms. The topological polar surface area (TPSA) is 54.4 Å². The maximum absolute atomic E-state index is 12.4. The van der Waals surface area contributed by atoms with Gasteiger partial charge in [-0.15, -0.1) is 0 Å². The second-order valence-corrected chi connectivity index (χ2v) is 7.76. The van der Waals surface area contributed by atoms with Gasteiger partial charge < -0.3 is 5.11 Å². The van der Waals surface area contributed by atoms with Gasteiger partial charge in [0.1, 0.15) is 5.60 Å². The standard InChI is InChI=1S/C15H15BrO3S/c1-15(17,12-5-3-2-4-6-12)11-20(18,19)14-9-7-13(16)8-10-14/h2-10,17H,11H2,1H3/t15-/m0/s1. The first-order valence-corrected chi connectivity index (χ1v) is 8.52. The maximum atomic E-state index is 12.4. The van der Waals surface area contributed by atoms with Crippen molar-refractivity contribution >= 4 is 25.8 Å². The van der Waals surface area contributed by atoms with Crippen LogP contribution in [0, 0.1) is 0 Å². The fourth-order valence-corrected chi connectivity index (χ4v) is 3.86. The van der Waals surface area contributed by atoms with E-state index in [2.05, 4.69) is 15.9 Å². The van der Waals surface area contributed by atoms with E-state index in [1.165, 1.54) is 19.1 Å². The van der Waals surface area contributed by atoms with Gasteiger partial charge in [-0.2, -0.15) is 0 Å². The Morgan fingerprint density at radius 1 is 1.05 bits per heavy atom. The van der Waals surface area contributed by atoms with Gasteiger partial charge in [-0.1, -0.05) is 46.3 Å². The van der Waals surface area contributed by atoms with Crippen molar-refractivity contribution in [2.75, 3.05) is 5.75 Å². The van der Waals surface area contributed by atoms with Crippen molar-refractivity contribution in [3.05, 3.63) is 64.6 Å². The maximum Gasteiger partial charge on any atom is 0.181 e. The van der Waals surface area contributed by atoms with E-state index in [1.54, 1.807) is 36.4 Å². The summed E-state index contributed by atoms with van der Waals surface area (Å²) in [6.07, 6.45) is 0. The lowest BCUT2D eigenvalue weighted by molar-refractivity contribution is 0.0819. The van der Waals surface area contributed by atoms with Crippen LogP contribution in [0.15, 0.2) is 64.0 Å². The average Bonchev–Trinajstić information content (AvgIpc) is 2.39. The Morgan fingerprint density at radius 3 is 2.15 bits per heavy atom. The number of hydrogen-bond donors (Lipinski definition) is 1. The number of sulfone groups is 1. The zero-order valence-corrected chi connectivity index (χ0v) is 13.4. The predicted octanol–water partition coefficient (Wildman–Crippen LogP) is 3.13. The van der Waals surface area contributed by atoms with Crippen LogP contribution in [0.3, 0.4) is 0 Å². The Kier molecular flexibility index (Phi) is 4.32. The summed E-state index contributed by atoms with van der Waals surface area (Å²) in [5, 5.41) is 10.4. The fraction of sp³-hybridized carbons (Fsp3) is 0.200. The molecule has 5 heteroatoms. The van der Waals surface area contributed by atoms with E-state index < -0.39 is 15.4 Å². The van der Waals surface area contributed by atoms with Crippen LogP contribution in [0.2, 0.25) is 0 Å². The summed E-state index contributed by atoms with van der Waals surface area (Å²) in [6, 6.07) is 15.2. The van der Waals surface area contributed by atoms with Crippen molar-refractivity contribution in [2.45, 2.75) is 17.4 Å². The summed E-state index contributed by atoms with van der Waals surface area (Å²) < 4.78 is 25.5. The third-order valence-electron chi connectivity index (χ3n) is 3.04.